The maximum absolute atomic E-state index is 13.2. The highest BCUT2D eigenvalue weighted by Gasteiger charge is 2.45. The van der Waals surface area contributed by atoms with Gasteiger partial charge in [-0.1, -0.05) is 53.7 Å². The number of methoxy groups -OCH3 is 1. The van der Waals surface area contributed by atoms with Gasteiger partial charge in [0.25, 0.3) is 0 Å². The van der Waals surface area contributed by atoms with Crippen LogP contribution in [0.2, 0.25) is 0 Å². The summed E-state index contributed by atoms with van der Waals surface area (Å²) >= 11 is 0. The fraction of sp³-hybridized carbons (Fsp3) is 0.333. The Bertz CT molecular complexity index is 1130. The number of para-hydroxylation sites is 1. The number of aromatic nitrogens is 2. The summed E-state index contributed by atoms with van der Waals surface area (Å²) in [7, 11) is 1.58. The standard InChI is InChI=1S/C24H24N4O4/c1-31-20-10-6-5-9-17(20)14-28-23(29)18-12-11-16(13-19(18)25-24(28)30)22-26-21(27-32-22)15-7-3-2-4-8-15/h2-10,16,18-19H,11-14H2,1H3,(H,25,30). The van der Waals surface area contributed by atoms with E-state index in [9.17, 15) is 9.59 Å². The number of carbonyl (C=O) groups is 2. The number of hydrogen-bond donors (Lipinski definition) is 1. The molecule has 1 aliphatic carbocycles. The highest BCUT2D eigenvalue weighted by molar-refractivity contribution is 5.98. The third kappa shape index (κ3) is 3.72. The number of imide groups is 1. The van der Waals surface area contributed by atoms with Crippen molar-refractivity contribution in [1.29, 1.82) is 0 Å². The van der Waals surface area contributed by atoms with Crippen LogP contribution in [0.3, 0.4) is 0 Å². The Kier molecular flexibility index (Phi) is 5.34. The molecule has 1 saturated carbocycles. The highest BCUT2D eigenvalue weighted by atomic mass is 16.5. The molecule has 2 fully saturated rings. The summed E-state index contributed by atoms with van der Waals surface area (Å²) in [5.74, 6) is 1.38. The Morgan fingerprint density at radius 2 is 1.88 bits per heavy atom. The minimum atomic E-state index is -0.377. The van der Waals surface area contributed by atoms with Gasteiger partial charge in [-0.05, 0) is 25.3 Å². The summed E-state index contributed by atoms with van der Waals surface area (Å²) in [5.41, 5.74) is 1.69. The van der Waals surface area contributed by atoms with E-state index in [1.165, 1.54) is 4.90 Å². The van der Waals surface area contributed by atoms with Gasteiger partial charge in [-0.2, -0.15) is 4.98 Å². The topological polar surface area (TPSA) is 97.6 Å². The Labute approximate surface area is 185 Å². The van der Waals surface area contributed by atoms with E-state index in [0.717, 1.165) is 17.5 Å². The lowest BCUT2D eigenvalue weighted by atomic mass is 9.76. The number of benzene rings is 2. The van der Waals surface area contributed by atoms with Gasteiger partial charge in [0.05, 0.1) is 19.6 Å². The van der Waals surface area contributed by atoms with Gasteiger partial charge in [0.2, 0.25) is 17.6 Å². The van der Waals surface area contributed by atoms with Gasteiger partial charge in [-0.25, -0.2) is 4.79 Å². The molecule has 0 spiro atoms. The predicted molar refractivity (Wildman–Crippen MR) is 116 cm³/mol. The van der Waals surface area contributed by atoms with Crippen molar-refractivity contribution in [2.24, 2.45) is 5.92 Å². The number of fused-ring (bicyclic) bond motifs is 1. The summed E-state index contributed by atoms with van der Waals surface area (Å²) in [6, 6.07) is 16.5. The number of nitrogens with one attached hydrogen (secondary N) is 1. The number of carbonyl (C=O) groups excluding carboxylic acids is 2. The number of hydrogen-bond acceptors (Lipinski definition) is 6. The van der Waals surface area contributed by atoms with E-state index in [0.29, 0.717) is 30.3 Å². The van der Waals surface area contributed by atoms with E-state index in [-0.39, 0.29) is 36.4 Å². The Morgan fingerprint density at radius 3 is 2.69 bits per heavy atom. The van der Waals surface area contributed by atoms with Gasteiger partial charge in [0.15, 0.2) is 0 Å². The molecule has 2 aromatic carbocycles. The lowest BCUT2D eigenvalue weighted by molar-refractivity contribution is -0.137. The number of urea groups is 1. The Morgan fingerprint density at radius 1 is 1.09 bits per heavy atom. The summed E-state index contributed by atoms with van der Waals surface area (Å²) in [6.45, 7) is 0.186. The van der Waals surface area contributed by atoms with Crippen LogP contribution in [-0.4, -0.2) is 40.1 Å². The third-order valence-corrected chi connectivity index (χ3v) is 6.33. The number of amides is 3. The molecular formula is C24H24N4O4. The average molecular weight is 432 g/mol. The maximum Gasteiger partial charge on any atom is 0.324 e. The van der Waals surface area contributed by atoms with Crippen LogP contribution in [0.25, 0.3) is 11.4 Å². The summed E-state index contributed by atoms with van der Waals surface area (Å²) < 4.78 is 10.9. The average Bonchev–Trinajstić information content (AvgIpc) is 3.33. The molecule has 3 amide bonds. The lowest BCUT2D eigenvalue weighted by Crippen LogP contribution is -2.60. The van der Waals surface area contributed by atoms with E-state index < -0.39 is 0 Å². The summed E-state index contributed by atoms with van der Waals surface area (Å²) in [4.78, 5) is 31.8. The second kappa shape index (κ2) is 8.45. The first-order valence-electron chi connectivity index (χ1n) is 10.8. The number of nitrogens with zero attached hydrogens (tertiary/aromatic N) is 3. The molecule has 1 aromatic heterocycles. The summed E-state index contributed by atoms with van der Waals surface area (Å²) in [5, 5.41) is 7.14. The second-order valence-corrected chi connectivity index (χ2v) is 8.23. The molecule has 3 aromatic rings. The van der Waals surface area contributed by atoms with Crippen molar-refractivity contribution in [2.45, 2.75) is 37.8 Å². The van der Waals surface area contributed by atoms with Crippen LogP contribution >= 0.6 is 0 Å². The van der Waals surface area contributed by atoms with E-state index in [2.05, 4.69) is 15.5 Å². The Balaban J connectivity index is 1.29. The van der Waals surface area contributed by atoms with Crippen LogP contribution in [0.4, 0.5) is 4.79 Å². The molecule has 164 valence electrons. The molecule has 1 aliphatic heterocycles. The minimum absolute atomic E-state index is 0.00933. The predicted octanol–water partition coefficient (Wildman–Crippen LogP) is 3.75. The van der Waals surface area contributed by atoms with Crippen molar-refractivity contribution < 1.29 is 18.8 Å². The van der Waals surface area contributed by atoms with Crippen molar-refractivity contribution in [3.05, 3.63) is 66.1 Å². The smallest absolute Gasteiger partial charge is 0.324 e. The van der Waals surface area contributed by atoms with Gasteiger partial charge in [-0.3, -0.25) is 9.69 Å². The first-order chi connectivity index (χ1) is 15.6. The number of ether oxygens (including phenoxy) is 1. The zero-order chi connectivity index (χ0) is 22.1. The van der Waals surface area contributed by atoms with Gasteiger partial charge in [-0.15, -0.1) is 0 Å². The van der Waals surface area contributed by atoms with E-state index >= 15 is 0 Å². The minimum Gasteiger partial charge on any atom is -0.496 e. The van der Waals surface area contributed by atoms with Crippen molar-refractivity contribution >= 4 is 11.9 Å². The fourth-order valence-electron chi connectivity index (χ4n) is 4.65. The third-order valence-electron chi connectivity index (χ3n) is 6.33. The molecule has 3 atom stereocenters. The molecule has 1 saturated heterocycles. The molecule has 0 bridgehead atoms. The second-order valence-electron chi connectivity index (χ2n) is 8.23. The molecule has 32 heavy (non-hydrogen) atoms. The zero-order valence-corrected chi connectivity index (χ0v) is 17.7. The van der Waals surface area contributed by atoms with E-state index in [4.69, 9.17) is 9.26 Å². The lowest BCUT2D eigenvalue weighted by Gasteiger charge is -2.41. The van der Waals surface area contributed by atoms with Crippen molar-refractivity contribution in [3.8, 4) is 17.1 Å². The quantitative estimate of drug-likeness (QED) is 0.659. The molecular weight excluding hydrogens is 408 g/mol. The highest BCUT2D eigenvalue weighted by Crippen LogP contribution is 2.38. The van der Waals surface area contributed by atoms with Gasteiger partial charge in [0, 0.05) is 23.1 Å². The summed E-state index contributed by atoms with van der Waals surface area (Å²) in [6.07, 6.45) is 2.00. The molecule has 8 nitrogen and oxygen atoms in total. The van der Waals surface area contributed by atoms with E-state index in [1.54, 1.807) is 7.11 Å². The molecule has 2 heterocycles. The first-order valence-corrected chi connectivity index (χ1v) is 10.8. The SMILES string of the molecule is COc1ccccc1CN1C(=O)NC2CC(c3nc(-c4ccccc4)no3)CCC2C1=O. The largest absolute Gasteiger partial charge is 0.496 e. The fourth-order valence-corrected chi connectivity index (χ4v) is 4.65. The monoisotopic (exact) mass is 432 g/mol. The molecule has 8 heteroatoms. The van der Waals surface area contributed by atoms with Crippen LogP contribution in [-0.2, 0) is 11.3 Å². The van der Waals surface area contributed by atoms with Gasteiger partial charge >= 0.3 is 6.03 Å². The van der Waals surface area contributed by atoms with Crippen LogP contribution < -0.4 is 10.1 Å². The van der Waals surface area contributed by atoms with E-state index in [1.807, 2.05) is 54.6 Å². The van der Waals surface area contributed by atoms with Crippen LogP contribution in [0, 0.1) is 5.92 Å². The number of rotatable bonds is 5. The Hall–Kier alpha value is -3.68. The zero-order valence-electron chi connectivity index (χ0n) is 17.7. The van der Waals surface area contributed by atoms with Crippen LogP contribution in [0.1, 0.15) is 36.6 Å². The molecule has 3 unspecified atom stereocenters. The maximum atomic E-state index is 13.2. The first kappa shape index (κ1) is 20.2. The van der Waals surface area contributed by atoms with Crippen molar-refractivity contribution in [1.82, 2.24) is 20.4 Å². The van der Waals surface area contributed by atoms with Gasteiger partial charge < -0.3 is 14.6 Å². The van der Waals surface area contributed by atoms with Crippen molar-refractivity contribution in [3.63, 3.8) is 0 Å². The molecule has 5 rings (SSSR count). The van der Waals surface area contributed by atoms with Crippen LogP contribution in [0.5, 0.6) is 5.75 Å². The van der Waals surface area contributed by atoms with Gasteiger partial charge in [0.1, 0.15) is 5.75 Å². The molecule has 1 N–H and O–H groups in total. The normalized spacial score (nSPS) is 22.9. The molecule has 0 radical (unpaired) electrons. The van der Waals surface area contributed by atoms with Crippen LogP contribution in [0.15, 0.2) is 59.1 Å². The van der Waals surface area contributed by atoms with Crippen molar-refractivity contribution in [2.75, 3.05) is 7.11 Å². The molecule has 2 aliphatic rings.